The number of aryl methyl sites for hydroxylation is 1. The molecule has 0 saturated carbocycles. The minimum Gasteiger partial charge on any atom is -0.598 e. The Morgan fingerprint density at radius 2 is 1.90 bits per heavy atom. The van der Waals surface area contributed by atoms with Crippen LogP contribution in [0.4, 0.5) is 4.79 Å². The van der Waals surface area contributed by atoms with Gasteiger partial charge in [0.05, 0.1) is 6.04 Å². The molecule has 2 atom stereocenters. The van der Waals surface area contributed by atoms with E-state index in [9.17, 15) is 9.35 Å². The number of carbonyl (C=O) groups is 1. The number of piperidine rings is 1. The summed E-state index contributed by atoms with van der Waals surface area (Å²) in [7, 11) is 0. The normalized spacial score (nSPS) is 22.5. The number of likely N-dealkylation sites (tertiary alicyclic amines) is 1. The van der Waals surface area contributed by atoms with Gasteiger partial charge < -0.3 is 14.2 Å². The fourth-order valence-electron chi connectivity index (χ4n) is 4.25. The molecule has 0 aromatic carbocycles. The Kier molecular flexibility index (Phi) is 5.98. The third-order valence-corrected chi connectivity index (χ3v) is 7.38. The zero-order valence-electron chi connectivity index (χ0n) is 18.8. The van der Waals surface area contributed by atoms with Gasteiger partial charge >= 0.3 is 6.09 Å². The van der Waals surface area contributed by atoms with Crippen LogP contribution in [0.5, 0.6) is 0 Å². The number of fused-ring (bicyclic) bond motifs is 1. The maximum absolute atomic E-state index is 12.9. The highest BCUT2D eigenvalue weighted by Gasteiger charge is 2.51. The lowest BCUT2D eigenvalue weighted by atomic mass is 9.73. The highest BCUT2D eigenvalue weighted by atomic mass is 32.2. The first kappa shape index (κ1) is 22.4. The molecule has 1 N–H and O–H groups in total. The smallest absolute Gasteiger partial charge is 0.410 e. The van der Waals surface area contributed by atoms with E-state index >= 15 is 0 Å². The number of pyridine rings is 1. The van der Waals surface area contributed by atoms with Crippen molar-refractivity contribution in [2.24, 2.45) is 5.41 Å². The zero-order chi connectivity index (χ0) is 21.6. The fourth-order valence-corrected chi connectivity index (χ4v) is 5.19. The summed E-state index contributed by atoms with van der Waals surface area (Å²) in [5.41, 5.74) is 2.89. The van der Waals surface area contributed by atoms with Crippen molar-refractivity contribution in [1.29, 1.82) is 0 Å². The molecule has 162 valence electrons. The van der Waals surface area contributed by atoms with Gasteiger partial charge in [-0.2, -0.15) is 0 Å². The minimum atomic E-state index is -1.18. The van der Waals surface area contributed by atoms with Crippen LogP contribution in [0.2, 0.25) is 0 Å². The summed E-state index contributed by atoms with van der Waals surface area (Å²) < 4.78 is 21.6. The molecular formula is C22H35N3O3S. The maximum Gasteiger partial charge on any atom is 0.410 e. The van der Waals surface area contributed by atoms with Crippen LogP contribution in [0.15, 0.2) is 12.3 Å². The van der Waals surface area contributed by atoms with E-state index in [1.54, 1.807) is 4.90 Å². The quantitative estimate of drug-likeness (QED) is 0.729. The van der Waals surface area contributed by atoms with Crippen LogP contribution in [0, 0.1) is 12.3 Å². The van der Waals surface area contributed by atoms with E-state index in [0.717, 1.165) is 30.5 Å². The third kappa shape index (κ3) is 4.89. The molecule has 1 aromatic heterocycles. The predicted octanol–water partition coefficient (Wildman–Crippen LogP) is 4.06. The Balaban J connectivity index is 1.81. The number of aromatic nitrogens is 1. The molecule has 7 heteroatoms. The summed E-state index contributed by atoms with van der Waals surface area (Å²) in [5, 5.41) is 0. The van der Waals surface area contributed by atoms with Crippen molar-refractivity contribution >= 4 is 17.5 Å². The minimum absolute atomic E-state index is 0.0218. The molecule has 3 rings (SSSR count). The Bertz CT molecular complexity index is 762. The number of carbonyl (C=O) groups excluding carboxylic acids is 1. The van der Waals surface area contributed by atoms with Gasteiger partial charge in [0.25, 0.3) is 0 Å². The summed E-state index contributed by atoms with van der Waals surface area (Å²) in [5.74, 6) is 0. The molecule has 1 saturated heterocycles. The summed E-state index contributed by atoms with van der Waals surface area (Å²) in [6.45, 7) is 14.9. The fraction of sp³-hybridized carbons (Fsp3) is 0.727. The van der Waals surface area contributed by atoms with Gasteiger partial charge in [0.2, 0.25) is 0 Å². The average molecular weight is 422 g/mol. The van der Waals surface area contributed by atoms with Crippen molar-refractivity contribution < 1.29 is 14.1 Å². The SMILES string of the molecule is Cc1cc2c(cn1)C(N[S@+]([O-])C(C)(C)C)C1(CCN(C(=O)OC(C)(C)C)CC1)C2. The molecule has 1 unspecified atom stereocenters. The second kappa shape index (κ2) is 7.75. The molecule has 29 heavy (non-hydrogen) atoms. The maximum atomic E-state index is 12.9. The van der Waals surface area contributed by atoms with Crippen molar-refractivity contribution in [3.63, 3.8) is 0 Å². The number of rotatable bonds is 2. The molecule has 1 aromatic rings. The van der Waals surface area contributed by atoms with E-state index in [-0.39, 0.29) is 22.3 Å². The predicted molar refractivity (Wildman–Crippen MR) is 116 cm³/mol. The number of hydrogen-bond donors (Lipinski definition) is 1. The highest BCUT2D eigenvalue weighted by Crippen LogP contribution is 2.52. The standard InChI is InChI=1S/C22H35N3O3S/c1-15-12-16-13-22(8-10-25(11-9-22)19(26)28-20(2,3)4)18(17(16)14-23-15)24-29(27)21(5,6)7/h12,14,18,24H,8-11,13H2,1-7H3/t18?,29-/m1/s1. The van der Waals surface area contributed by atoms with Crippen molar-refractivity contribution in [2.75, 3.05) is 13.1 Å². The summed E-state index contributed by atoms with van der Waals surface area (Å²) >= 11 is -1.18. The molecule has 1 aliphatic heterocycles. The van der Waals surface area contributed by atoms with Crippen LogP contribution >= 0.6 is 0 Å². The molecule has 1 amide bonds. The average Bonchev–Trinajstić information content (AvgIpc) is 2.85. The topological polar surface area (TPSA) is 77.5 Å². The molecule has 2 heterocycles. The van der Waals surface area contributed by atoms with Crippen molar-refractivity contribution in [3.05, 3.63) is 29.1 Å². The van der Waals surface area contributed by atoms with Crippen LogP contribution in [0.25, 0.3) is 0 Å². The number of nitrogens with zero attached hydrogens (tertiary/aromatic N) is 2. The molecular weight excluding hydrogens is 386 g/mol. The Labute approximate surface area is 178 Å². The zero-order valence-corrected chi connectivity index (χ0v) is 19.6. The van der Waals surface area contributed by atoms with Gasteiger partial charge in [-0.15, -0.1) is 4.72 Å². The van der Waals surface area contributed by atoms with Crippen molar-refractivity contribution in [1.82, 2.24) is 14.6 Å². The summed E-state index contributed by atoms with van der Waals surface area (Å²) in [6.07, 6.45) is 4.31. The van der Waals surface area contributed by atoms with Gasteiger partial charge in [-0.3, -0.25) is 4.98 Å². The monoisotopic (exact) mass is 421 g/mol. The molecule has 1 aliphatic carbocycles. The first-order valence-electron chi connectivity index (χ1n) is 10.4. The van der Waals surface area contributed by atoms with Crippen LogP contribution in [-0.4, -0.2) is 44.0 Å². The second-order valence-electron chi connectivity index (χ2n) is 10.5. The molecule has 0 radical (unpaired) electrons. The van der Waals surface area contributed by atoms with E-state index in [4.69, 9.17) is 4.74 Å². The number of ether oxygens (including phenoxy) is 1. The van der Waals surface area contributed by atoms with Crippen LogP contribution < -0.4 is 4.72 Å². The lowest BCUT2D eigenvalue weighted by molar-refractivity contribution is 0.00715. The van der Waals surface area contributed by atoms with E-state index in [1.165, 1.54) is 5.56 Å². The molecule has 0 bridgehead atoms. The van der Waals surface area contributed by atoms with Crippen LogP contribution in [0.3, 0.4) is 0 Å². The summed E-state index contributed by atoms with van der Waals surface area (Å²) in [4.78, 5) is 18.8. The van der Waals surface area contributed by atoms with Gasteiger partial charge in [-0.25, -0.2) is 4.79 Å². The molecule has 2 aliphatic rings. The van der Waals surface area contributed by atoms with E-state index in [0.29, 0.717) is 13.1 Å². The van der Waals surface area contributed by atoms with Crippen LogP contribution in [0.1, 0.15) is 77.2 Å². The molecule has 1 fully saturated rings. The largest absolute Gasteiger partial charge is 0.598 e. The first-order valence-corrected chi connectivity index (χ1v) is 11.6. The Hall–Kier alpha value is -1.31. The second-order valence-corrected chi connectivity index (χ2v) is 12.5. The lowest BCUT2D eigenvalue weighted by Gasteiger charge is -2.43. The lowest BCUT2D eigenvalue weighted by Crippen LogP contribution is -2.51. The van der Waals surface area contributed by atoms with Gasteiger partial charge in [0, 0.05) is 41.8 Å². The van der Waals surface area contributed by atoms with Crippen molar-refractivity contribution in [3.8, 4) is 0 Å². The number of nitrogens with one attached hydrogen (secondary N) is 1. The number of amides is 1. The van der Waals surface area contributed by atoms with Gasteiger partial charge in [0.1, 0.15) is 10.3 Å². The highest BCUT2D eigenvalue weighted by molar-refractivity contribution is 7.90. The molecule has 6 nitrogen and oxygen atoms in total. The number of hydrogen-bond acceptors (Lipinski definition) is 5. The third-order valence-electron chi connectivity index (χ3n) is 5.82. The Morgan fingerprint density at radius 1 is 1.28 bits per heavy atom. The van der Waals surface area contributed by atoms with Gasteiger partial charge in [0.15, 0.2) is 0 Å². The van der Waals surface area contributed by atoms with Crippen molar-refractivity contribution in [2.45, 2.75) is 84.1 Å². The summed E-state index contributed by atoms with van der Waals surface area (Å²) in [6, 6.07) is 2.13. The van der Waals surface area contributed by atoms with Gasteiger partial charge in [-0.1, -0.05) is 0 Å². The first-order chi connectivity index (χ1) is 13.3. The Morgan fingerprint density at radius 3 is 2.45 bits per heavy atom. The molecule has 1 spiro atoms. The van der Waals surface area contributed by atoms with E-state index < -0.39 is 17.0 Å². The van der Waals surface area contributed by atoms with Gasteiger partial charge in [-0.05, 0) is 84.9 Å². The van der Waals surface area contributed by atoms with E-state index in [1.807, 2.05) is 54.7 Å². The van der Waals surface area contributed by atoms with E-state index in [2.05, 4.69) is 15.8 Å². The van der Waals surface area contributed by atoms with Crippen LogP contribution in [-0.2, 0) is 22.5 Å².